The first-order chi connectivity index (χ1) is 8.52. The van der Waals surface area contributed by atoms with Gasteiger partial charge < -0.3 is 5.11 Å². The van der Waals surface area contributed by atoms with Crippen LogP contribution in [-0.2, 0) is 9.84 Å². The number of sulfone groups is 1. The van der Waals surface area contributed by atoms with Gasteiger partial charge in [0.25, 0.3) is 15.5 Å². The minimum atomic E-state index is -5.88. The molecule has 0 N–H and O–H groups in total. The molecule has 0 saturated heterocycles. The van der Waals surface area contributed by atoms with E-state index in [2.05, 4.69) is 0 Å². The minimum Gasteiger partial charge on any atom is -0.867 e. The van der Waals surface area contributed by atoms with Crippen molar-refractivity contribution in [2.45, 2.75) is 10.4 Å². The highest BCUT2D eigenvalue weighted by atomic mass is 32.2. The van der Waals surface area contributed by atoms with E-state index in [9.17, 15) is 41.6 Å². The predicted molar refractivity (Wildman–Crippen MR) is 51.2 cm³/mol. The van der Waals surface area contributed by atoms with Crippen molar-refractivity contribution >= 4 is 21.8 Å². The molecule has 0 radical (unpaired) electrons. The molecule has 0 fully saturated rings. The molecule has 0 atom stereocenters. The molecule has 19 heavy (non-hydrogen) atoms. The van der Waals surface area contributed by atoms with Crippen LogP contribution in [0.15, 0.2) is 17.0 Å². The van der Waals surface area contributed by atoms with Gasteiger partial charge in [-0.2, -0.15) is 13.2 Å². The molecule has 1 rings (SSSR count). The monoisotopic (exact) mass is 298 g/mol. The Labute approximate surface area is 103 Å². The van der Waals surface area contributed by atoms with E-state index in [4.69, 9.17) is 0 Å². The lowest BCUT2D eigenvalue weighted by Gasteiger charge is -2.13. The molecular formula is C8H3F3NO6S-. The fraction of sp³-hybridized carbons (Fsp3) is 0.125. The number of hydrogen-bond donors (Lipinski definition) is 0. The van der Waals surface area contributed by atoms with Crippen molar-refractivity contribution in [3.8, 4) is 5.75 Å². The Bertz CT molecular complexity index is 651. The van der Waals surface area contributed by atoms with Gasteiger partial charge in [0.05, 0.1) is 9.82 Å². The number of hydrogen-bond acceptors (Lipinski definition) is 6. The predicted octanol–water partition coefficient (Wildman–Crippen LogP) is 0.774. The summed E-state index contributed by atoms with van der Waals surface area (Å²) in [5, 5.41) is 21.7. The first-order valence-electron chi connectivity index (χ1n) is 4.28. The maximum Gasteiger partial charge on any atom is 0.501 e. The van der Waals surface area contributed by atoms with Crippen LogP contribution in [-0.4, -0.2) is 25.1 Å². The number of carbonyl (C=O) groups is 1. The summed E-state index contributed by atoms with van der Waals surface area (Å²) >= 11 is 0. The highest BCUT2D eigenvalue weighted by Crippen LogP contribution is 2.35. The van der Waals surface area contributed by atoms with E-state index in [1.807, 2.05) is 0 Å². The molecule has 0 aliphatic heterocycles. The Balaban J connectivity index is 3.70. The molecule has 11 heteroatoms. The molecule has 0 aliphatic carbocycles. The molecule has 0 heterocycles. The Morgan fingerprint density at radius 2 is 1.79 bits per heavy atom. The summed E-state index contributed by atoms with van der Waals surface area (Å²) in [5.74, 6) is -1.46. The van der Waals surface area contributed by atoms with Crippen LogP contribution in [0.1, 0.15) is 10.4 Å². The Kier molecular flexibility index (Phi) is 3.52. The Hall–Kier alpha value is -2.17. The summed E-state index contributed by atoms with van der Waals surface area (Å²) in [6, 6.07) is 0.114. The lowest BCUT2D eigenvalue weighted by molar-refractivity contribution is -0.398. The van der Waals surface area contributed by atoms with Gasteiger partial charge >= 0.3 is 5.51 Å². The van der Waals surface area contributed by atoms with E-state index in [1.54, 1.807) is 0 Å². The van der Waals surface area contributed by atoms with Crippen LogP contribution in [0.25, 0.3) is 0 Å². The van der Waals surface area contributed by atoms with Crippen LogP contribution in [0, 0.1) is 10.1 Å². The highest BCUT2D eigenvalue weighted by molar-refractivity contribution is 7.92. The van der Waals surface area contributed by atoms with Crippen molar-refractivity contribution in [1.29, 1.82) is 0 Å². The average Bonchev–Trinajstić information content (AvgIpc) is 2.27. The Morgan fingerprint density at radius 3 is 2.16 bits per heavy atom. The van der Waals surface area contributed by atoms with Crippen LogP contribution >= 0.6 is 0 Å². The van der Waals surface area contributed by atoms with E-state index in [1.165, 1.54) is 0 Å². The first-order valence-corrected chi connectivity index (χ1v) is 5.76. The lowest BCUT2D eigenvalue weighted by atomic mass is 10.2. The molecule has 104 valence electrons. The molecule has 7 nitrogen and oxygen atoms in total. The van der Waals surface area contributed by atoms with Crippen molar-refractivity contribution in [2.75, 3.05) is 0 Å². The van der Waals surface area contributed by atoms with Gasteiger partial charge in [-0.15, -0.1) is 0 Å². The van der Waals surface area contributed by atoms with Crippen LogP contribution in [0.3, 0.4) is 0 Å². The van der Waals surface area contributed by atoms with E-state index in [0.717, 1.165) is 0 Å². The zero-order valence-corrected chi connectivity index (χ0v) is 9.49. The van der Waals surface area contributed by atoms with Crippen molar-refractivity contribution in [1.82, 2.24) is 0 Å². The van der Waals surface area contributed by atoms with E-state index in [0.29, 0.717) is 0 Å². The smallest absolute Gasteiger partial charge is 0.501 e. The molecule has 0 unspecified atom stereocenters. The first kappa shape index (κ1) is 14.9. The van der Waals surface area contributed by atoms with Crippen LogP contribution in [0.4, 0.5) is 18.9 Å². The average molecular weight is 298 g/mol. The quantitative estimate of drug-likeness (QED) is 0.462. The summed E-state index contributed by atoms with van der Waals surface area (Å²) in [6.45, 7) is 0. The fourth-order valence-corrected chi connectivity index (χ4v) is 1.94. The number of carbonyl (C=O) groups excluding carboxylic acids is 1. The zero-order chi connectivity index (χ0) is 15.0. The van der Waals surface area contributed by atoms with Gasteiger partial charge in [-0.1, -0.05) is 0 Å². The second-order valence-electron chi connectivity index (χ2n) is 3.18. The fourth-order valence-electron chi connectivity index (χ4n) is 1.12. The van der Waals surface area contributed by atoms with Crippen LogP contribution in [0.5, 0.6) is 5.75 Å². The molecule has 1 aromatic rings. The minimum absolute atomic E-state index is 0.0296. The summed E-state index contributed by atoms with van der Waals surface area (Å²) in [4.78, 5) is 18.0. The SMILES string of the molecule is O=Cc1cc(S(=O)(=O)C(F)(F)F)cc([N+](=O)[O-])c1[O-]. The molecule has 1 aromatic carbocycles. The largest absolute Gasteiger partial charge is 0.867 e. The number of nitro benzene ring substituents is 1. The van der Waals surface area contributed by atoms with Gasteiger partial charge in [0, 0.05) is 11.6 Å². The molecule has 0 saturated carbocycles. The van der Waals surface area contributed by atoms with Crippen molar-refractivity contribution in [3.05, 3.63) is 27.8 Å². The Morgan fingerprint density at radius 1 is 1.26 bits per heavy atom. The number of alkyl halides is 3. The third kappa shape index (κ3) is 2.50. The number of halogens is 3. The lowest BCUT2D eigenvalue weighted by Crippen LogP contribution is -2.23. The normalized spacial score (nSPS) is 12.2. The van der Waals surface area contributed by atoms with Gasteiger partial charge in [-0.05, 0) is 11.8 Å². The second-order valence-corrected chi connectivity index (χ2v) is 5.13. The number of rotatable bonds is 3. The number of nitro groups is 1. The summed E-state index contributed by atoms with van der Waals surface area (Å²) < 4.78 is 58.9. The van der Waals surface area contributed by atoms with Gasteiger partial charge in [0.2, 0.25) is 0 Å². The third-order valence-electron chi connectivity index (χ3n) is 2.01. The molecule has 0 aliphatic rings. The topological polar surface area (TPSA) is 117 Å². The van der Waals surface area contributed by atoms with Crippen LogP contribution < -0.4 is 5.11 Å². The number of benzene rings is 1. The number of nitrogens with zero attached hydrogens (tertiary/aromatic N) is 1. The standard InChI is InChI=1S/C8H4F3NO6S/c9-8(10,11)19(17,18)5-1-4(3-13)7(14)6(2-5)12(15)16/h1-3,14H/p-1. The van der Waals surface area contributed by atoms with Gasteiger partial charge in [0.1, 0.15) is 6.29 Å². The summed E-state index contributed by atoms with van der Waals surface area (Å²) in [6.07, 6.45) is -0.259. The zero-order valence-electron chi connectivity index (χ0n) is 8.67. The summed E-state index contributed by atoms with van der Waals surface area (Å²) in [5.41, 5.74) is -8.17. The summed E-state index contributed by atoms with van der Waals surface area (Å²) in [7, 11) is -5.88. The van der Waals surface area contributed by atoms with Gasteiger partial charge in [-0.25, -0.2) is 8.42 Å². The van der Waals surface area contributed by atoms with Gasteiger partial charge in [-0.3, -0.25) is 14.9 Å². The van der Waals surface area contributed by atoms with Crippen LogP contribution in [0.2, 0.25) is 0 Å². The van der Waals surface area contributed by atoms with E-state index >= 15 is 0 Å². The highest BCUT2D eigenvalue weighted by Gasteiger charge is 2.47. The third-order valence-corrected chi connectivity index (χ3v) is 3.48. The van der Waals surface area contributed by atoms with Gasteiger partial charge in [0.15, 0.2) is 0 Å². The second kappa shape index (κ2) is 4.50. The van der Waals surface area contributed by atoms with Crippen molar-refractivity contribution in [3.63, 3.8) is 0 Å². The molecule has 0 spiro atoms. The van der Waals surface area contributed by atoms with E-state index in [-0.39, 0.29) is 18.4 Å². The van der Waals surface area contributed by atoms with Crippen molar-refractivity contribution < 1.29 is 36.4 Å². The molecule has 0 aromatic heterocycles. The maximum absolute atomic E-state index is 12.3. The molecular weight excluding hydrogens is 295 g/mol. The van der Waals surface area contributed by atoms with E-state index < -0.39 is 42.2 Å². The number of aldehydes is 1. The maximum atomic E-state index is 12.3. The molecule has 0 bridgehead atoms. The van der Waals surface area contributed by atoms with Crippen molar-refractivity contribution in [2.24, 2.45) is 0 Å². The molecule has 0 amide bonds.